The van der Waals surface area contributed by atoms with E-state index in [9.17, 15) is 22.2 Å². The minimum absolute atomic E-state index is 0.208. The van der Waals surface area contributed by atoms with Crippen LogP contribution in [0.1, 0.15) is 43.6 Å². The second kappa shape index (κ2) is 5.71. The molecule has 1 aliphatic rings. The van der Waals surface area contributed by atoms with Crippen molar-refractivity contribution in [3.63, 3.8) is 0 Å². The standard InChI is InChI=1S/C14H18BFO7S/c1-8-10(15-22-13(2,3)14(4,5)23-15)6-9(12(17)18)7-11(8)21-24(16,19)20/h6-7H,1-5H3,(H,17,18). The molecule has 10 heteroatoms. The minimum atomic E-state index is -5.30. The van der Waals surface area contributed by atoms with E-state index in [0.29, 0.717) is 0 Å². The molecule has 0 atom stereocenters. The lowest BCUT2D eigenvalue weighted by atomic mass is 9.75. The third-order valence-corrected chi connectivity index (χ3v) is 4.72. The maximum absolute atomic E-state index is 12.9. The number of halogens is 1. The number of rotatable bonds is 4. The summed E-state index contributed by atoms with van der Waals surface area (Å²) in [6.07, 6.45) is 0. The van der Waals surface area contributed by atoms with Gasteiger partial charge in [-0.05, 0) is 57.8 Å². The Bertz CT molecular complexity index is 773. The largest absolute Gasteiger partial charge is 0.495 e. The van der Waals surface area contributed by atoms with Gasteiger partial charge in [-0.2, -0.15) is 8.42 Å². The van der Waals surface area contributed by atoms with E-state index in [1.165, 1.54) is 13.0 Å². The fourth-order valence-corrected chi connectivity index (χ4v) is 2.63. The summed E-state index contributed by atoms with van der Waals surface area (Å²) < 4.78 is 50.4. The van der Waals surface area contributed by atoms with Crippen molar-refractivity contribution in [1.29, 1.82) is 0 Å². The third kappa shape index (κ3) is 3.55. The summed E-state index contributed by atoms with van der Waals surface area (Å²) in [5.41, 5.74) is -1.18. The van der Waals surface area contributed by atoms with Gasteiger partial charge in [-0.1, -0.05) is 3.89 Å². The molecule has 1 aromatic rings. The first-order valence-electron chi connectivity index (χ1n) is 7.11. The highest BCUT2D eigenvalue weighted by Crippen LogP contribution is 2.37. The SMILES string of the molecule is Cc1c(OS(=O)(=O)F)cc(C(=O)O)cc1B1OC(C)(C)C(C)(C)O1. The van der Waals surface area contributed by atoms with Crippen LogP contribution in [0.4, 0.5) is 3.89 Å². The summed E-state index contributed by atoms with van der Waals surface area (Å²) in [4.78, 5) is 11.3. The van der Waals surface area contributed by atoms with Crippen LogP contribution in [0, 0.1) is 6.92 Å². The number of carboxylic acids is 1. The van der Waals surface area contributed by atoms with Gasteiger partial charge >= 0.3 is 23.6 Å². The quantitative estimate of drug-likeness (QED) is 0.643. The second-order valence-corrected chi connectivity index (χ2v) is 7.51. The van der Waals surface area contributed by atoms with Gasteiger partial charge in [0.25, 0.3) is 0 Å². The molecule has 0 bridgehead atoms. The highest BCUT2D eigenvalue weighted by atomic mass is 32.3. The average molecular weight is 360 g/mol. The Kier molecular flexibility index (Phi) is 4.45. The molecular formula is C14H18BFO7S. The number of carbonyl (C=O) groups is 1. The molecule has 0 spiro atoms. The van der Waals surface area contributed by atoms with Crippen LogP contribution in [0.15, 0.2) is 12.1 Å². The van der Waals surface area contributed by atoms with Gasteiger partial charge in [0, 0.05) is 0 Å². The highest BCUT2D eigenvalue weighted by molar-refractivity contribution is 7.81. The topological polar surface area (TPSA) is 99.1 Å². The molecule has 2 rings (SSSR count). The minimum Gasteiger partial charge on any atom is -0.478 e. The van der Waals surface area contributed by atoms with Crippen LogP contribution in [-0.2, 0) is 19.8 Å². The van der Waals surface area contributed by atoms with Crippen LogP contribution in [0.3, 0.4) is 0 Å². The lowest BCUT2D eigenvalue weighted by Crippen LogP contribution is -2.41. The fraction of sp³-hybridized carbons (Fsp3) is 0.500. The fourth-order valence-electron chi connectivity index (χ4n) is 2.24. The van der Waals surface area contributed by atoms with E-state index in [2.05, 4.69) is 4.18 Å². The van der Waals surface area contributed by atoms with E-state index in [-0.39, 0.29) is 16.6 Å². The maximum atomic E-state index is 12.9. The van der Waals surface area contributed by atoms with Gasteiger partial charge in [0.15, 0.2) is 0 Å². The summed E-state index contributed by atoms with van der Waals surface area (Å²) in [7, 11) is -6.25. The molecule has 0 radical (unpaired) electrons. The molecule has 0 unspecified atom stereocenters. The number of hydrogen-bond acceptors (Lipinski definition) is 6. The molecule has 0 amide bonds. The first kappa shape index (κ1) is 18.7. The molecule has 0 aliphatic carbocycles. The summed E-state index contributed by atoms with van der Waals surface area (Å²) in [5, 5.41) is 9.19. The zero-order chi connectivity index (χ0) is 18.5. The Morgan fingerprint density at radius 1 is 1.21 bits per heavy atom. The Labute approximate surface area is 140 Å². The molecule has 0 saturated carbocycles. The Morgan fingerprint density at radius 2 is 1.71 bits per heavy atom. The van der Waals surface area contributed by atoms with Crippen LogP contribution in [-0.4, -0.2) is 37.8 Å². The van der Waals surface area contributed by atoms with Crippen molar-refractivity contribution in [2.45, 2.75) is 45.8 Å². The van der Waals surface area contributed by atoms with Gasteiger partial charge in [0.05, 0.1) is 16.8 Å². The lowest BCUT2D eigenvalue weighted by molar-refractivity contribution is 0.00578. The smallest absolute Gasteiger partial charge is 0.478 e. The molecular weight excluding hydrogens is 342 g/mol. The molecule has 7 nitrogen and oxygen atoms in total. The van der Waals surface area contributed by atoms with E-state index in [1.54, 1.807) is 0 Å². The molecule has 0 aromatic heterocycles. The van der Waals surface area contributed by atoms with Crippen molar-refractivity contribution < 1.29 is 35.7 Å². The van der Waals surface area contributed by atoms with Crippen molar-refractivity contribution in [3.05, 3.63) is 23.3 Å². The normalized spacial score (nSPS) is 19.3. The molecule has 132 valence electrons. The average Bonchev–Trinajstić information content (AvgIpc) is 2.58. The van der Waals surface area contributed by atoms with Gasteiger partial charge in [0.1, 0.15) is 5.75 Å². The van der Waals surface area contributed by atoms with Crippen molar-refractivity contribution in [2.75, 3.05) is 0 Å². The molecule has 1 heterocycles. The van der Waals surface area contributed by atoms with Crippen LogP contribution in [0.5, 0.6) is 5.75 Å². The van der Waals surface area contributed by atoms with Gasteiger partial charge in [-0.15, -0.1) is 0 Å². The highest BCUT2D eigenvalue weighted by Gasteiger charge is 2.52. The zero-order valence-corrected chi connectivity index (χ0v) is 14.7. The number of benzene rings is 1. The predicted molar refractivity (Wildman–Crippen MR) is 84.5 cm³/mol. The van der Waals surface area contributed by atoms with Crippen molar-refractivity contribution in [2.24, 2.45) is 0 Å². The zero-order valence-electron chi connectivity index (χ0n) is 13.9. The van der Waals surface area contributed by atoms with E-state index >= 15 is 0 Å². The summed E-state index contributed by atoms with van der Waals surface area (Å²) >= 11 is 0. The first-order valence-corrected chi connectivity index (χ1v) is 8.42. The number of carboxylic acid groups (broad SMARTS) is 1. The van der Waals surface area contributed by atoms with Gasteiger partial charge in [-0.3, -0.25) is 0 Å². The summed E-state index contributed by atoms with van der Waals surface area (Å²) in [5.74, 6) is -1.75. The molecule has 24 heavy (non-hydrogen) atoms. The van der Waals surface area contributed by atoms with Crippen molar-refractivity contribution in [3.8, 4) is 5.75 Å². The van der Waals surface area contributed by atoms with Gasteiger partial charge in [-0.25, -0.2) is 4.79 Å². The first-order chi connectivity index (χ1) is 10.7. The van der Waals surface area contributed by atoms with E-state index in [0.717, 1.165) is 6.07 Å². The van der Waals surface area contributed by atoms with E-state index in [4.69, 9.17) is 9.31 Å². The number of hydrogen-bond donors (Lipinski definition) is 1. The Morgan fingerprint density at radius 3 is 2.12 bits per heavy atom. The predicted octanol–water partition coefficient (Wildman–Crippen LogP) is 1.59. The van der Waals surface area contributed by atoms with Crippen molar-refractivity contribution in [1.82, 2.24) is 0 Å². The van der Waals surface area contributed by atoms with E-state index < -0.39 is 40.5 Å². The molecule has 1 N–H and O–H groups in total. The summed E-state index contributed by atoms with van der Waals surface area (Å²) in [6.45, 7) is 8.71. The Balaban J connectivity index is 2.56. The van der Waals surface area contributed by atoms with Crippen LogP contribution in [0.25, 0.3) is 0 Å². The summed E-state index contributed by atoms with van der Waals surface area (Å²) in [6, 6.07) is 2.22. The Hall–Kier alpha value is -1.65. The van der Waals surface area contributed by atoms with E-state index in [1.807, 2.05) is 27.7 Å². The van der Waals surface area contributed by atoms with Crippen LogP contribution < -0.4 is 9.65 Å². The lowest BCUT2D eigenvalue weighted by Gasteiger charge is -2.32. The monoisotopic (exact) mass is 360 g/mol. The third-order valence-electron chi connectivity index (χ3n) is 4.34. The molecule has 1 aliphatic heterocycles. The molecule has 1 saturated heterocycles. The number of aromatic carboxylic acids is 1. The molecule has 1 fully saturated rings. The maximum Gasteiger partial charge on any atom is 0.495 e. The van der Waals surface area contributed by atoms with Crippen LogP contribution >= 0.6 is 0 Å². The second-order valence-electron chi connectivity index (χ2n) is 6.56. The van der Waals surface area contributed by atoms with Crippen LogP contribution in [0.2, 0.25) is 0 Å². The molecule has 1 aromatic carbocycles. The van der Waals surface area contributed by atoms with Gasteiger partial charge in [0.2, 0.25) is 0 Å². The van der Waals surface area contributed by atoms with Gasteiger partial charge < -0.3 is 18.6 Å². The van der Waals surface area contributed by atoms with Crippen molar-refractivity contribution >= 4 is 29.1 Å².